The van der Waals surface area contributed by atoms with Crippen molar-refractivity contribution >= 4 is 50.9 Å². The van der Waals surface area contributed by atoms with Crippen LogP contribution < -0.4 is 5.32 Å². The number of furan rings is 1. The molecule has 2 fully saturated rings. The Balaban J connectivity index is 1.05. The number of hydrogen-bond donors (Lipinski definition) is 2. The van der Waals surface area contributed by atoms with Crippen molar-refractivity contribution in [3.63, 3.8) is 0 Å². The van der Waals surface area contributed by atoms with Crippen LogP contribution in [0.1, 0.15) is 35.5 Å². The first-order valence-electron chi connectivity index (χ1n) is 13.0. The van der Waals surface area contributed by atoms with Crippen LogP contribution in [0.15, 0.2) is 46.0 Å². The van der Waals surface area contributed by atoms with E-state index in [0.29, 0.717) is 17.8 Å². The number of nitrogens with zero attached hydrogens (tertiary/aromatic N) is 3. The van der Waals surface area contributed by atoms with E-state index in [0.717, 1.165) is 103 Å². The van der Waals surface area contributed by atoms with E-state index in [1.807, 2.05) is 28.8 Å². The standard InChI is InChI=1S/C27H32ClN5O3S/c28-19-14-18-15-23(31-25(18)22(16-19)29-20-4-12-35-13-5-20)26-30-21(17-37-26)3-6-32-7-9-33(10-8-32)27(34)24-2-1-11-36-24/h1-2,11,14-16,20-21,29,31H,3-10,12-13,17H2/t21-/m1/s1. The number of rotatable bonds is 7. The lowest BCUT2D eigenvalue weighted by molar-refractivity contribution is 0.0603. The monoisotopic (exact) mass is 541 g/mol. The van der Waals surface area contributed by atoms with E-state index >= 15 is 0 Å². The first-order chi connectivity index (χ1) is 18.1. The molecule has 196 valence electrons. The maximum Gasteiger partial charge on any atom is 0.289 e. The van der Waals surface area contributed by atoms with E-state index in [4.69, 9.17) is 25.7 Å². The van der Waals surface area contributed by atoms with Crippen LogP contribution in [0, 0.1) is 0 Å². The minimum absolute atomic E-state index is 0.0168. The Hall–Kier alpha value is -2.46. The molecule has 0 saturated carbocycles. The molecular formula is C27H32ClN5O3S. The number of amides is 1. The number of carbonyl (C=O) groups is 1. The van der Waals surface area contributed by atoms with Crippen LogP contribution in [0.4, 0.5) is 5.69 Å². The number of ether oxygens (including phenoxy) is 1. The van der Waals surface area contributed by atoms with Crippen LogP contribution in [0.3, 0.4) is 0 Å². The van der Waals surface area contributed by atoms with Crippen molar-refractivity contribution in [1.82, 2.24) is 14.8 Å². The lowest BCUT2D eigenvalue weighted by Crippen LogP contribution is -2.49. The number of aromatic nitrogens is 1. The number of piperazine rings is 1. The molecule has 1 amide bonds. The van der Waals surface area contributed by atoms with Crippen LogP contribution in [0.25, 0.3) is 10.9 Å². The van der Waals surface area contributed by atoms with Gasteiger partial charge in [0, 0.05) is 68.1 Å². The molecule has 37 heavy (non-hydrogen) atoms. The van der Waals surface area contributed by atoms with E-state index in [-0.39, 0.29) is 5.91 Å². The van der Waals surface area contributed by atoms with Gasteiger partial charge in [-0.15, -0.1) is 11.8 Å². The van der Waals surface area contributed by atoms with Gasteiger partial charge >= 0.3 is 0 Å². The van der Waals surface area contributed by atoms with Crippen molar-refractivity contribution in [2.45, 2.75) is 31.3 Å². The maximum atomic E-state index is 12.5. The number of aromatic amines is 1. The summed E-state index contributed by atoms with van der Waals surface area (Å²) in [6.07, 6.45) is 4.57. The molecule has 8 nitrogen and oxygen atoms in total. The highest BCUT2D eigenvalue weighted by Crippen LogP contribution is 2.33. The third kappa shape index (κ3) is 5.70. The zero-order chi connectivity index (χ0) is 25.2. The highest BCUT2D eigenvalue weighted by atomic mass is 35.5. The highest BCUT2D eigenvalue weighted by molar-refractivity contribution is 8.14. The number of benzene rings is 1. The third-order valence-electron chi connectivity index (χ3n) is 7.39. The SMILES string of the molecule is O=C(c1ccco1)N1CCN(CC[C@@H]2CSC(c3cc4cc(Cl)cc(NC5CCOCC5)c4[nH]3)=N2)CC1. The third-order valence-corrected chi connectivity index (χ3v) is 8.76. The van der Waals surface area contributed by atoms with E-state index in [2.05, 4.69) is 21.3 Å². The van der Waals surface area contributed by atoms with Crippen molar-refractivity contribution in [1.29, 1.82) is 0 Å². The van der Waals surface area contributed by atoms with Gasteiger partial charge in [-0.05, 0) is 49.6 Å². The van der Waals surface area contributed by atoms with E-state index in [9.17, 15) is 4.79 Å². The molecule has 0 bridgehead atoms. The fourth-order valence-electron chi connectivity index (χ4n) is 5.27. The molecule has 1 atom stereocenters. The lowest BCUT2D eigenvalue weighted by Gasteiger charge is -2.34. The molecule has 0 radical (unpaired) electrons. The highest BCUT2D eigenvalue weighted by Gasteiger charge is 2.26. The molecule has 3 aliphatic rings. The summed E-state index contributed by atoms with van der Waals surface area (Å²) in [5.74, 6) is 1.40. The van der Waals surface area contributed by atoms with Gasteiger partial charge in [0.1, 0.15) is 5.04 Å². The maximum absolute atomic E-state index is 12.5. The molecule has 5 heterocycles. The lowest BCUT2D eigenvalue weighted by atomic mass is 10.1. The van der Waals surface area contributed by atoms with Crippen LogP contribution in [-0.2, 0) is 4.74 Å². The fourth-order valence-corrected chi connectivity index (χ4v) is 6.58. The molecule has 3 aromatic rings. The normalized spacial score (nSPS) is 21.5. The predicted molar refractivity (Wildman–Crippen MR) is 149 cm³/mol. The van der Waals surface area contributed by atoms with E-state index in [1.165, 1.54) is 0 Å². The summed E-state index contributed by atoms with van der Waals surface area (Å²) < 4.78 is 10.8. The Labute approximate surface area is 225 Å². The van der Waals surface area contributed by atoms with Crippen LogP contribution in [0.2, 0.25) is 5.02 Å². The number of H-pyrrole nitrogens is 1. The summed E-state index contributed by atoms with van der Waals surface area (Å²) >= 11 is 8.28. The molecule has 2 N–H and O–H groups in total. The largest absolute Gasteiger partial charge is 0.459 e. The van der Waals surface area contributed by atoms with E-state index in [1.54, 1.807) is 18.4 Å². The van der Waals surface area contributed by atoms with Gasteiger partial charge in [-0.3, -0.25) is 14.7 Å². The van der Waals surface area contributed by atoms with Gasteiger partial charge in [-0.2, -0.15) is 0 Å². The Morgan fingerprint density at radius 2 is 2.03 bits per heavy atom. The predicted octanol–water partition coefficient (Wildman–Crippen LogP) is 4.72. The summed E-state index contributed by atoms with van der Waals surface area (Å²) in [6.45, 7) is 5.82. The zero-order valence-electron chi connectivity index (χ0n) is 20.7. The zero-order valence-corrected chi connectivity index (χ0v) is 22.3. The van der Waals surface area contributed by atoms with Crippen molar-refractivity contribution in [3.05, 3.63) is 53.1 Å². The number of thioether (sulfide) groups is 1. The van der Waals surface area contributed by atoms with Crippen molar-refractivity contribution < 1.29 is 13.9 Å². The average Bonchev–Trinajstić information content (AvgIpc) is 3.69. The van der Waals surface area contributed by atoms with Gasteiger partial charge in [-0.25, -0.2) is 0 Å². The second-order valence-electron chi connectivity index (χ2n) is 9.93. The minimum Gasteiger partial charge on any atom is -0.459 e. The molecule has 10 heteroatoms. The molecule has 1 aromatic carbocycles. The van der Waals surface area contributed by atoms with Crippen molar-refractivity contribution in [3.8, 4) is 0 Å². The summed E-state index contributed by atoms with van der Waals surface area (Å²) in [5, 5.41) is 6.58. The number of halogens is 1. The summed E-state index contributed by atoms with van der Waals surface area (Å²) in [6, 6.07) is 10.4. The topological polar surface area (TPSA) is 86.1 Å². The molecule has 2 aromatic heterocycles. The molecule has 0 aliphatic carbocycles. The second-order valence-corrected chi connectivity index (χ2v) is 11.4. The fraction of sp³-hybridized carbons (Fsp3) is 0.481. The summed E-state index contributed by atoms with van der Waals surface area (Å²) in [7, 11) is 0. The Bertz CT molecular complexity index is 1260. The first-order valence-corrected chi connectivity index (χ1v) is 14.4. The molecule has 6 rings (SSSR count). The number of nitrogens with one attached hydrogen (secondary N) is 2. The van der Waals surface area contributed by atoms with Gasteiger partial charge in [0.15, 0.2) is 5.76 Å². The van der Waals surface area contributed by atoms with Crippen LogP contribution >= 0.6 is 23.4 Å². The number of hydrogen-bond acceptors (Lipinski definition) is 7. The minimum atomic E-state index is -0.0168. The van der Waals surface area contributed by atoms with Gasteiger partial charge in [0.25, 0.3) is 5.91 Å². The van der Waals surface area contributed by atoms with Crippen molar-refractivity contribution in [2.24, 2.45) is 4.99 Å². The summed E-state index contributed by atoms with van der Waals surface area (Å²) in [5.41, 5.74) is 3.19. The number of anilines is 1. The van der Waals surface area contributed by atoms with Gasteiger partial charge in [0.2, 0.25) is 0 Å². The molecular weight excluding hydrogens is 510 g/mol. The summed E-state index contributed by atoms with van der Waals surface area (Å²) in [4.78, 5) is 25.5. The molecule has 2 saturated heterocycles. The number of carbonyl (C=O) groups excluding carboxylic acids is 1. The Morgan fingerprint density at radius 3 is 2.81 bits per heavy atom. The van der Waals surface area contributed by atoms with Crippen LogP contribution in [0.5, 0.6) is 0 Å². The molecule has 3 aliphatic heterocycles. The molecule has 0 unspecified atom stereocenters. The van der Waals surface area contributed by atoms with Gasteiger partial charge < -0.3 is 24.4 Å². The second kappa shape index (κ2) is 11.1. The van der Waals surface area contributed by atoms with E-state index < -0.39 is 0 Å². The van der Waals surface area contributed by atoms with Crippen molar-refractivity contribution in [2.75, 3.05) is 57.0 Å². The number of fused-ring (bicyclic) bond motifs is 1. The quantitative estimate of drug-likeness (QED) is 0.450. The number of aliphatic imine (C=N–C) groups is 1. The first kappa shape index (κ1) is 24.9. The molecule has 0 spiro atoms. The van der Waals surface area contributed by atoms with Gasteiger partial charge in [0.05, 0.1) is 29.2 Å². The van der Waals surface area contributed by atoms with Crippen LogP contribution in [-0.4, -0.2) is 89.5 Å². The average molecular weight is 542 g/mol. The Morgan fingerprint density at radius 1 is 1.19 bits per heavy atom. The van der Waals surface area contributed by atoms with Gasteiger partial charge in [-0.1, -0.05) is 11.6 Å². The smallest absolute Gasteiger partial charge is 0.289 e. The Kier molecular flexibility index (Phi) is 7.46.